The zero-order valence-electron chi connectivity index (χ0n) is 9.42. The Morgan fingerprint density at radius 3 is 2.93 bits per heavy atom. The molecule has 2 nitrogen and oxygen atoms in total. The van der Waals surface area contributed by atoms with Crippen LogP contribution in [0.4, 0.5) is 5.69 Å². The fraction of sp³-hybridized carbons (Fsp3) is 0.538. The second kappa shape index (κ2) is 4.67. The van der Waals surface area contributed by atoms with Gasteiger partial charge in [0.2, 0.25) is 0 Å². The smallest absolute Gasteiger partial charge is 0.0377 e. The molecule has 0 heterocycles. The molecule has 0 spiro atoms. The van der Waals surface area contributed by atoms with Crippen molar-refractivity contribution in [2.24, 2.45) is 5.73 Å². The van der Waals surface area contributed by atoms with E-state index in [0.29, 0.717) is 12.6 Å². The molecule has 1 aliphatic rings. The minimum atomic E-state index is 0.360. The van der Waals surface area contributed by atoms with Crippen LogP contribution in [0.25, 0.3) is 0 Å². The van der Waals surface area contributed by atoms with E-state index in [1.807, 2.05) is 0 Å². The van der Waals surface area contributed by atoms with E-state index >= 15 is 0 Å². The number of rotatable bonds is 3. The monoisotopic (exact) mass is 204 g/mol. The standard InChI is InChI=1S/C13H20N2/c1-10(9-14)15-13-8-4-6-11-5-2-3-7-12(11)13/h4,6,8,10,15H,2-3,5,7,9,14H2,1H3. The topological polar surface area (TPSA) is 38.0 Å². The van der Waals surface area contributed by atoms with Crippen LogP contribution in [0.5, 0.6) is 0 Å². The van der Waals surface area contributed by atoms with Crippen molar-refractivity contribution in [1.82, 2.24) is 0 Å². The summed E-state index contributed by atoms with van der Waals surface area (Å²) < 4.78 is 0. The van der Waals surface area contributed by atoms with E-state index in [-0.39, 0.29) is 0 Å². The maximum Gasteiger partial charge on any atom is 0.0377 e. The highest BCUT2D eigenvalue weighted by Crippen LogP contribution is 2.28. The fourth-order valence-electron chi connectivity index (χ4n) is 2.24. The SMILES string of the molecule is CC(CN)Nc1cccc2c1CCCC2. The largest absolute Gasteiger partial charge is 0.381 e. The molecular weight excluding hydrogens is 184 g/mol. The molecule has 1 atom stereocenters. The number of anilines is 1. The molecule has 0 bridgehead atoms. The Morgan fingerprint density at radius 1 is 1.33 bits per heavy atom. The Bertz CT molecular complexity index is 333. The van der Waals surface area contributed by atoms with Gasteiger partial charge in [0.25, 0.3) is 0 Å². The molecule has 1 unspecified atom stereocenters. The number of aryl methyl sites for hydroxylation is 1. The van der Waals surface area contributed by atoms with Gasteiger partial charge in [0.05, 0.1) is 0 Å². The maximum atomic E-state index is 5.63. The van der Waals surface area contributed by atoms with E-state index < -0.39 is 0 Å². The van der Waals surface area contributed by atoms with Crippen molar-refractivity contribution in [3.05, 3.63) is 29.3 Å². The fourth-order valence-corrected chi connectivity index (χ4v) is 2.24. The van der Waals surface area contributed by atoms with Gasteiger partial charge in [0.15, 0.2) is 0 Å². The van der Waals surface area contributed by atoms with E-state index in [9.17, 15) is 0 Å². The summed E-state index contributed by atoms with van der Waals surface area (Å²) in [6.45, 7) is 2.81. The molecule has 1 aromatic carbocycles. The second-order valence-electron chi connectivity index (χ2n) is 4.43. The third-order valence-electron chi connectivity index (χ3n) is 3.15. The van der Waals surface area contributed by atoms with Crippen molar-refractivity contribution in [2.45, 2.75) is 38.6 Å². The summed E-state index contributed by atoms with van der Waals surface area (Å²) in [5.41, 5.74) is 9.97. The van der Waals surface area contributed by atoms with E-state index in [1.54, 1.807) is 0 Å². The molecule has 0 aromatic heterocycles. The van der Waals surface area contributed by atoms with Crippen molar-refractivity contribution in [3.63, 3.8) is 0 Å². The molecular formula is C13H20N2. The van der Waals surface area contributed by atoms with Gasteiger partial charge in [-0.2, -0.15) is 0 Å². The van der Waals surface area contributed by atoms with Gasteiger partial charge < -0.3 is 11.1 Å². The van der Waals surface area contributed by atoms with Crippen LogP contribution >= 0.6 is 0 Å². The van der Waals surface area contributed by atoms with E-state index in [1.165, 1.54) is 42.5 Å². The van der Waals surface area contributed by atoms with Gasteiger partial charge in [-0.05, 0) is 49.8 Å². The Kier molecular flexibility index (Phi) is 3.27. The Morgan fingerprint density at radius 2 is 2.13 bits per heavy atom. The van der Waals surface area contributed by atoms with E-state index in [0.717, 1.165) is 0 Å². The number of hydrogen-bond donors (Lipinski definition) is 2. The van der Waals surface area contributed by atoms with Crippen molar-refractivity contribution in [2.75, 3.05) is 11.9 Å². The van der Waals surface area contributed by atoms with Crippen LogP contribution in [0.15, 0.2) is 18.2 Å². The van der Waals surface area contributed by atoms with Gasteiger partial charge in [-0.1, -0.05) is 12.1 Å². The molecule has 0 radical (unpaired) electrons. The molecule has 15 heavy (non-hydrogen) atoms. The summed E-state index contributed by atoms with van der Waals surface area (Å²) in [5.74, 6) is 0. The highest BCUT2D eigenvalue weighted by atomic mass is 14.9. The van der Waals surface area contributed by atoms with Crippen LogP contribution in [0.2, 0.25) is 0 Å². The Labute approximate surface area is 91.9 Å². The normalized spacial score (nSPS) is 16.9. The van der Waals surface area contributed by atoms with E-state index in [2.05, 4.69) is 30.4 Å². The van der Waals surface area contributed by atoms with Crippen LogP contribution in [0.3, 0.4) is 0 Å². The zero-order chi connectivity index (χ0) is 10.7. The summed E-state index contributed by atoms with van der Waals surface area (Å²) in [6.07, 6.45) is 5.11. The minimum Gasteiger partial charge on any atom is -0.381 e. The third kappa shape index (κ3) is 2.32. The van der Waals surface area contributed by atoms with Gasteiger partial charge in [0.1, 0.15) is 0 Å². The van der Waals surface area contributed by atoms with Gasteiger partial charge in [-0.15, -0.1) is 0 Å². The molecule has 0 saturated carbocycles. The lowest BCUT2D eigenvalue weighted by atomic mass is 9.90. The first-order valence-electron chi connectivity index (χ1n) is 5.88. The van der Waals surface area contributed by atoms with Crippen molar-refractivity contribution >= 4 is 5.69 Å². The number of hydrogen-bond acceptors (Lipinski definition) is 2. The number of fused-ring (bicyclic) bond motifs is 1. The average molecular weight is 204 g/mol. The zero-order valence-corrected chi connectivity index (χ0v) is 9.42. The predicted molar refractivity (Wildman–Crippen MR) is 65.2 cm³/mol. The summed E-state index contributed by atoms with van der Waals surface area (Å²) >= 11 is 0. The van der Waals surface area contributed by atoms with Crippen molar-refractivity contribution in [1.29, 1.82) is 0 Å². The van der Waals surface area contributed by atoms with E-state index in [4.69, 9.17) is 5.73 Å². The van der Waals surface area contributed by atoms with Gasteiger partial charge in [-0.3, -0.25) is 0 Å². The first-order chi connectivity index (χ1) is 7.31. The predicted octanol–water partition coefficient (Wildman–Crippen LogP) is 2.32. The van der Waals surface area contributed by atoms with Crippen molar-refractivity contribution in [3.8, 4) is 0 Å². The maximum absolute atomic E-state index is 5.63. The van der Waals surface area contributed by atoms with Crippen LogP contribution in [0, 0.1) is 0 Å². The lowest BCUT2D eigenvalue weighted by molar-refractivity contribution is 0.684. The van der Waals surface area contributed by atoms with Crippen molar-refractivity contribution < 1.29 is 0 Å². The lowest BCUT2D eigenvalue weighted by Gasteiger charge is -2.22. The Balaban J connectivity index is 2.23. The molecule has 82 valence electrons. The number of nitrogens with one attached hydrogen (secondary N) is 1. The number of benzene rings is 1. The summed E-state index contributed by atoms with van der Waals surface area (Å²) in [7, 11) is 0. The highest BCUT2D eigenvalue weighted by Gasteiger charge is 2.13. The Hall–Kier alpha value is -1.02. The molecule has 0 fully saturated rings. The first-order valence-corrected chi connectivity index (χ1v) is 5.88. The lowest BCUT2D eigenvalue weighted by Crippen LogP contribution is -2.26. The van der Waals surface area contributed by atoms with Gasteiger partial charge >= 0.3 is 0 Å². The third-order valence-corrected chi connectivity index (χ3v) is 3.15. The molecule has 0 amide bonds. The molecule has 0 saturated heterocycles. The van der Waals surface area contributed by atoms with Gasteiger partial charge in [0, 0.05) is 18.3 Å². The average Bonchev–Trinajstić information content (AvgIpc) is 2.29. The molecule has 2 rings (SSSR count). The molecule has 3 N–H and O–H groups in total. The highest BCUT2D eigenvalue weighted by molar-refractivity contribution is 5.56. The van der Waals surface area contributed by atoms with Crippen LogP contribution < -0.4 is 11.1 Å². The summed E-state index contributed by atoms with van der Waals surface area (Å²) in [4.78, 5) is 0. The minimum absolute atomic E-state index is 0.360. The van der Waals surface area contributed by atoms with Crippen LogP contribution in [-0.4, -0.2) is 12.6 Å². The van der Waals surface area contributed by atoms with Gasteiger partial charge in [-0.25, -0.2) is 0 Å². The molecule has 1 aliphatic carbocycles. The summed E-state index contributed by atoms with van der Waals surface area (Å²) in [6, 6.07) is 6.94. The van der Waals surface area contributed by atoms with Crippen LogP contribution in [0.1, 0.15) is 30.9 Å². The number of nitrogens with two attached hydrogens (primary N) is 1. The first kappa shape index (κ1) is 10.5. The summed E-state index contributed by atoms with van der Waals surface area (Å²) in [5, 5.41) is 3.49. The molecule has 0 aliphatic heterocycles. The second-order valence-corrected chi connectivity index (χ2v) is 4.43. The molecule has 1 aromatic rings. The quantitative estimate of drug-likeness (QED) is 0.793. The molecule has 2 heteroatoms. The van der Waals surface area contributed by atoms with Crippen LogP contribution in [-0.2, 0) is 12.8 Å².